The average molecular weight is 345 g/mol. The smallest absolute Gasteiger partial charge is 0.330 e. The zero-order valence-corrected chi connectivity index (χ0v) is 14.6. The van der Waals surface area contributed by atoms with E-state index in [1.54, 1.807) is 12.1 Å². The van der Waals surface area contributed by atoms with Gasteiger partial charge in [0, 0.05) is 31.8 Å². The maximum absolute atomic E-state index is 5.67. The molecule has 0 atom stereocenters. The molecule has 1 aliphatic heterocycles. The summed E-state index contributed by atoms with van der Waals surface area (Å²) in [6.07, 6.45) is 3.20. The lowest BCUT2D eigenvalue weighted by atomic mass is 10.4. The minimum atomic E-state index is 0.198. The van der Waals surface area contributed by atoms with Gasteiger partial charge in [-0.3, -0.25) is 0 Å². The van der Waals surface area contributed by atoms with E-state index in [1.807, 2.05) is 13.8 Å². The largest absolute Gasteiger partial charge is 0.477 e. The SMILES string of the molecule is CCCOc1ccc(Oc2nc(NCC)nc(N3CCCC3)n2)nn1. The van der Waals surface area contributed by atoms with E-state index < -0.39 is 0 Å². The number of aromatic nitrogens is 5. The summed E-state index contributed by atoms with van der Waals surface area (Å²) in [5.74, 6) is 1.89. The molecule has 0 bridgehead atoms. The van der Waals surface area contributed by atoms with Gasteiger partial charge in [-0.05, 0) is 26.2 Å². The molecule has 2 aromatic heterocycles. The summed E-state index contributed by atoms with van der Waals surface area (Å²) < 4.78 is 11.1. The molecular formula is C16H23N7O2. The van der Waals surface area contributed by atoms with Gasteiger partial charge in [0.1, 0.15) is 0 Å². The first kappa shape index (κ1) is 17.1. The third-order valence-electron chi connectivity index (χ3n) is 3.59. The standard InChI is InChI=1S/C16H23N7O2/c1-3-11-24-12-7-8-13(22-21-12)25-16-19-14(17-4-2)18-15(20-16)23-9-5-6-10-23/h7-8H,3-6,9-11H2,1-2H3,(H,17,18,19,20). The van der Waals surface area contributed by atoms with Crippen LogP contribution in [0.1, 0.15) is 33.1 Å². The first-order chi connectivity index (χ1) is 12.3. The van der Waals surface area contributed by atoms with Gasteiger partial charge in [-0.15, -0.1) is 10.2 Å². The van der Waals surface area contributed by atoms with Gasteiger partial charge in [0.15, 0.2) is 0 Å². The molecule has 2 aromatic rings. The highest BCUT2D eigenvalue weighted by atomic mass is 16.5. The summed E-state index contributed by atoms with van der Waals surface area (Å²) in [6, 6.07) is 3.60. The van der Waals surface area contributed by atoms with Crippen molar-refractivity contribution >= 4 is 11.9 Å². The van der Waals surface area contributed by atoms with Crippen LogP contribution in [0.2, 0.25) is 0 Å². The number of anilines is 2. The average Bonchev–Trinajstić information content (AvgIpc) is 3.16. The van der Waals surface area contributed by atoms with Crippen molar-refractivity contribution in [1.82, 2.24) is 25.1 Å². The van der Waals surface area contributed by atoms with Gasteiger partial charge in [0.25, 0.3) is 0 Å². The van der Waals surface area contributed by atoms with Crippen molar-refractivity contribution in [1.29, 1.82) is 0 Å². The van der Waals surface area contributed by atoms with Gasteiger partial charge in [0.2, 0.25) is 23.7 Å². The second-order valence-corrected chi connectivity index (χ2v) is 5.63. The van der Waals surface area contributed by atoms with Crippen molar-refractivity contribution in [3.63, 3.8) is 0 Å². The summed E-state index contributed by atoms with van der Waals surface area (Å²) in [4.78, 5) is 15.3. The van der Waals surface area contributed by atoms with Crippen LogP contribution in [-0.2, 0) is 0 Å². The Balaban J connectivity index is 1.75. The van der Waals surface area contributed by atoms with Crippen molar-refractivity contribution in [2.75, 3.05) is 36.5 Å². The lowest BCUT2D eigenvalue weighted by molar-refractivity contribution is 0.298. The molecule has 1 fully saturated rings. The Labute approximate surface area is 146 Å². The molecule has 0 aliphatic carbocycles. The second kappa shape index (κ2) is 8.41. The Bertz CT molecular complexity index is 675. The van der Waals surface area contributed by atoms with Crippen molar-refractivity contribution in [3.8, 4) is 17.8 Å². The molecule has 3 heterocycles. The van der Waals surface area contributed by atoms with E-state index in [9.17, 15) is 0 Å². The minimum absolute atomic E-state index is 0.198. The van der Waals surface area contributed by atoms with Crippen molar-refractivity contribution < 1.29 is 9.47 Å². The highest BCUT2D eigenvalue weighted by molar-refractivity contribution is 5.39. The molecule has 0 spiro atoms. The van der Waals surface area contributed by atoms with Crippen LogP contribution in [-0.4, -0.2) is 51.4 Å². The molecule has 134 valence electrons. The van der Waals surface area contributed by atoms with E-state index in [0.29, 0.717) is 36.8 Å². The zero-order valence-electron chi connectivity index (χ0n) is 14.6. The molecular weight excluding hydrogens is 322 g/mol. The van der Waals surface area contributed by atoms with Crippen LogP contribution in [0, 0.1) is 0 Å². The number of nitrogens with zero attached hydrogens (tertiary/aromatic N) is 6. The van der Waals surface area contributed by atoms with Crippen LogP contribution in [0.25, 0.3) is 0 Å². The molecule has 9 heteroatoms. The lowest BCUT2D eigenvalue weighted by Crippen LogP contribution is -2.21. The van der Waals surface area contributed by atoms with Gasteiger partial charge in [-0.25, -0.2) is 0 Å². The Hall–Kier alpha value is -2.71. The molecule has 0 radical (unpaired) electrons. The van der Waals surface area contributed by atoms with Crippen LogP contribution in [0.15, 0.2) is 12.1 Å². The summed E-state index contributed by atoms with van der Waals surface area (Å²) in [7, 11) is 0. The number of nitrogens with one attached hydrogen (secondary N) is 1. The zero-order chi connectivity index (χ0) is 17.5. The van der Waals surface area contributed by atoms with Crippen molar-refractivity contribution in [2.45, 2.75) is 33.1 Å². The van der Waals surface area contributed by atoms with Crippen LogP contribution >= 0.6 is 0 Å². The van der Waals surface area contributed by atoms with Gasteiger partial charge in [-0.2, -0.15) is 15.0 Å². The van der Waals surface area contributed by atoms with Crippen molar-refractivity contribution in [3.05, 3.63) is 12.1 Å². The van der Waals surface area contributed by atoms with Crippen LogP contribution in [0.5, 0.6) is 17.8 Å². The fraction of sp³-hybridized carbons (Fsp3) is 0.562. The molecule has 0 unspecified atom stereocenters. The first-order valence-electron chi connectivity index (χ1n) is 8.67. The van der Waals surface area contributed by atoms with E-state index >= 15 is 0 Å². The van der Waals surface area contributed by atoms with Gasteiger partial charge < -0.3 is 19.7 Å². The molecule has 1 N–H and O–H groups in total. The number of ether oxygens (including phenoxy) is 2. The molecule has 0 amide bonds. The third-order valence-corrected chi connectivity index (χ3v) is 3.59. The van der Waals surface area contributed by atoms with Crippen molar-refractivity contribution in [2.24, 2.45) is 0 Å². The Morgan fingerprint density at radius 1 is 1.04 bits per heavy atom. The van der Waals surface area contributed by atoms with E-state index in [-0.39, 0.29) is 6.01 Å². The number of hydrogen-bond acceptors (Lipinski definition) is 9. The predicted octanol–water partition coefficient (Wildman–Crippen LogP) is 2.27. The van der Waals surface area contributed by atoms with E-state index in [0.717, 1.165) is 32.4 Å². The number of hydrogen-bond donors (Lipinski definition) is 1. The molecule has 25 heavy (non-hydrogen) atoms. The first-order valence-corrected chi connectivity index (χ1v) is 8.67. The lowest BCUT2D eigenvalue weighted by Gasteiger charge is -2.16. The quantitative estimate of drug-likeness (QED) is 0.772. The Morgan fingerprint density at radius 3 is 2.48 bits per heavy atom. The predicted molar refractivity (Wildman–Crippen MR) is 93.3 cm³/mol. The van der Waals surface area contributed by atoms with E-state index in [2.05, 4.69) is 35.4 Å². The maximum Gasteiger partial charge on any atom is 0.330 e. The minimum Gasteiger partial charge on any atom is -0.477 e. The summed E-state index contributed by atoms with van der Waals surface area (Å²) in [5, 5.41) is 11.1. The normalized spacial score (nSPS) is 13.8. The third kappa shape index (κ3) is 4.65. The van der Waals surface area contributed by atoms with Gasteiger partial charge in [0.05, 0.1) is 6.61 Å². The van der Waals surface area contributed by atoms with Crippen LogP contribution < -0.4 is 19.7 Å². The van der Waals surface area contributed by atoms with Crippen LogP contribution in [0.4, 0.5) is 11.9 Å². The van der Waals surface area contributed by atoms with Gasteiger partial charge in [-0.1, -0.05) is 6.92 Å². The van der Waals surface area contributed by atoms with Crippen LogP contribution in [0.3, 0.4) is 0 Å². The topological polar surface area (TPSA) is 98.2 Å². The molecule has 0 saturated carbocycles. The molecule has 3 rings (SSSR count). The summed E-state index contributed by atoms with van der Waals surface area (Å²) >= 11 is 0. The van der Waals surface area contributed by atoms with E-state index in [1.165, 1.54) is 0 Å². The molecule has 0 aromatic carbocycles. The van der Waals surface area contributed by atoms with E-state index in [4.69, 9.17) is 9.47 Å². The maximum atomic E-state index is 5.67. The number of rotatable bonds is 8. The molecule has 9 nitrogen and oxygen atoms in total. The summed E-state index contributed by atoms with van der Waals surface area (Å²) in [6.45, 7) is 7.22. The highest BCUT2D eigenvalue weighted by Gasteiger charge is 2.18. The Morgan fingerprint density at radius 2 is 1.80 bits per heavy atom. The summed E-state index contributed by atoms with van der Waals surface area (Å²) in [5.41, 5.74) is 0. The highest BCUT2D eigenvalue weighted by Crippen LogP contribution is 2.22. The van der Waals surface area contributed by atoms with Gasteiger partial charge >= 0.3 is 6.01 Å². The Kier molecular flexibility index (Phi) is 5.76. The fourth-order valence-corrected chi connectivity index (χ4v) is 2.43. The molecule has 1 saturated heterocycles. The molecule has 1 aliphatic rings. The fourth-order valence-electron chi connectivity index (χ4n) is 2.43. The monoisotopic (exact) mass is 345 g/mol. The second-order valence-electron chi connectivity index (χ2n) is 5.63.